The van der Waals surface area contributed by atoms with Gasteiger partial charge in [0.15, 0.2) is 24.1 Å². The van der Waals surface area contributed by atoms with Gasteiger partial charge in [0.05, 0.1) is 25.0 Å². The maximum Gasteiger partial charge on any atom is 0.262 e. The number of hydrogen-bond donors (Lipinski definition) is 3. The number of nitrogens with two attached hydrogens (primary N) is 1. The summed E-state index contributed by atoms with van der Waals surface area (Å²) >= 11 is 0. The van der Waals surface area contributed by atoms with Gasteiger partial charge in [0.2, 0.25) is 0 Å². The Hall–Kier alpha value is -3.84. The number of nitrogens with one attached hydrogen (secondary N) is 2. The largest absolute Gasteiger partial charge is 0.493 e. The van der Waals surface area contributed by atoms with Crippen LogP contribution in [-0.4, -0.2) is 31.2 Å². The van der Waals surface area contributed by atoms with E-state index in [0.29, 0.717) is 11.5 Å². The molecule has 1 atom stereocenters. The van der Waals surface area contributed by atoms with Gasteiger partial charge < -0.3 is 25.1 Å². The predicted molar refractivity (Wildman–Crippen MR) is 124 cm³/mol. The summed E-state index contributed by atoms with van der Waals surface area (Å²) in [5.74, 6) is 0.0582. The number of quaternary nitrogens is 1. The van der Waals surface area contributed by atoms with E-state index < -0.39 is 11.7 Å². The van der Waals surface area contributed by atoms with Crippen molar-refractivity contribution in [3.05, 3.63) is 89.4 Å². The fourth-order valence-corrected chi connectivity index (χ4v) is 4.46. The Balaban J connectivity index is 1.34. The molecule has 1 aliphatic heterocycles. The molecule has 0 unspecified atom stereocenters. The molecule has 0 bridgehead atoms. The van der Waals surface area contributed by atoms with Crippen LogP contribution in [0.2, 0.25) is 0 Å². The van der Waals surface area contributed by atoms with Crippen LogP contribution >= 0.6 is 0 Å². The van der Waals surface area contributed by atoms with Crippen molar-refractivity contribution < 1.29 is 24.0 Å². The van der Waals surface area contributed by atoms with Gasteiger partial charge in [-0.15, -0.1) is 0 Å². The quantitative estimate of drug-likeness (QED) is 0.424. The SMILES string of the molecule is COc1cc([C@@H]2[NH2+]CCc3c2[nH]c2ccccc32)ccc1OCC(=O)Nc1ccccc1F. The van der Waals surface area contributed by atoms with Crippen LogP contribution in [0.3, 0.4) is 0 Å². The highest BCUT2D eigenvalue weighted by Gasteiger charge is 2.29. The number of hydrogen-bond acceptors (Lipinski definition) is 3. The molecule has 7 heteroatoms. The van der Waals surface area contributed by atoms with Crippen LogP contribution in [0.15, 0.2) is 66.7 Å². The van der Waals surface area contributed by atoms with Crippen molar-refractivity contribution >= 4 is 22.5 Å². The molecule has 0 fully saturated rings. The highest BCUT2D eigenvalue weighted by molar-refractivity contribution is 5.92. The molecule has 4 N–H and O–H groups in total. The first kappa shape index (κ1) is 21.0. The molecule has 1 amide bonds. The molecule has 33 heavy (non-hydrogen) atoms. The van der Waals surface area contributed by atoms with E-state index in [1.54, 1.807) is 19.2 Å². The maximum atomic E-state index is 13.7. The highest BCUT2D eigenvalue weighted by Crippen LogP contribution is 2.35. The van der Waals surface area contributed by atoms with Crippen molar-refractivity contribution in [3.63, 3.8) is 0 Å². The van der Waals surface area contributed by atoms with Gasteiger partial charge in [0.1, 0.15) is 5.82 Å². The minimum Gasteiger partial charge on any atom is -0.493 e. The Morgan fingerprint density at radius 1 is 1.12 bits per heavy atom. The molecule has 4 aromatic rings. The van der Waals surface area contributed by atoms with Crippen LogP contribution in [0.1, 0.15) is 22.9 Å². The van der Waals surface area contributed by atoms with E-state index in [1.165, 1.54) is 28.8 Å². The normalized spacial score (nSPS) is 15.2. The number of fused-ring (bicyclic) bond motifs is 3. The number of para-hydroxylation sites is 2. The summed E-state index contributed by atoms with van der Waals surface area (Å²) in [5, 5.41) is 6.11. The summed E-state index contributed by atoms with van der Waals surface area (Å²) < 4.78 is 25.0. The first-order valence-corrected chi connectivity index (χ1v) is 10.9. The van der Waals surface area contributed by atoms with E-state index in [4.69, 9.17) is 9.47 Å². The monoisotopic (exact) mass is 446 g/mol. The molecule has 5 rings (SSSR count). The number of ether oxygens (including phenoxy) is 2. The van der Waals surface area contributed by atoms with Crippen molar-refractivity contribution in [2.75, 3.05) is 25.6 Å². The van der Waals surface area contributed by atoms with Crippen LogP contribution in [-0.2, 0) is 11.2 Å². The van der Waals surface area contributed by atoms with E-state index in [1.807, 2.05) is 24.3 Å². The third-order valence-electron chi connectivity index (χ3n) is 6.01. The van der Waals surface area contributed by atoms with Crippen molar-refractivity contribution in [1.29, 1.82) is 0 Å². The smallest absolute Gasteiger partial charge is 0.262 e. The highest BCUT2D eigenvalue weighted by atomic mass is 19.1. The Morgan fingerprint density at radius 2 is 1.94 bits per heavy atom. The molecule has 2 heterocycles. The number of aromatic nitrogens is 1. The Morgan fingerprint density at radius 3 is 2.79 bits per heavy atom. The molecule has 1 aromatic heterocycles. The van der Waals surface area contributed by atoms with Gasteiger partial charge in [-0.05, 0) is 42.0 Å². The molecule has 0 radical (unpaired) electrons. The molecule has 0 saturated heterocycles. The second-order valence-electron chi connectivity index (χ2n) is 8.04. The minimum absolute atomic E-state index is 0.119. The number of halogens is 1. The topological polar surface area (TPSA) is 80.0 Å². The van der Waals surface area contributed by atoms with Crippen molar-refractivity contribution in [3.8, 4) is 11.5 Å². The zero-order valence-corrected chi connectivity index (χ0v) is 18.2. The summed E-state index contributed by atoms with van der Waals surface area (Å²) in [7, 11) is 1.57. The molecule has 1 aliphatic rings. The molecule has 0 spiro atoms. The second-order valence-corrected chi connectivity index (χ2v) is 8.04. The van der Waals surface area contributed by atoms with Crippen molar-refractivity contribution in [2.45, 2.75) is 12.5 Å². The van der Waals surface area contributed by atoms with Crippen molar-refractivity contribution in [2.24, 2.45) is 0 Å². The first-order valence-electron chi connectivity index (χ1n) is 10.9. The number of benzene rings is 3. The zero-order valence-electron chi connectivity index (χ0n) is 18.2. The Labute approximate surface area is 190 Å². The Kier molecular flexibility index (Phi) is 5.71. The van der Waals surface area contributed by atoms with Gasteiger partial charge in [0, 0.05) is 22.9 Å². The average molecular weight is 447 g/mol. The molecule has 168 valence electrons. The summed E-state index contributed by atoms with van der Waals surface area (Å²) in [6.07, 6.45) is 1.02. The van der Waals surface area contributed by atoms with Crippen LogP contribution < -0.4 is 20.1 Å². The van der Waals surface area contributed by atoms with E-state index in [9.17, 15) is 9.18 Å². The lowest BCUT2D eigenvalue weighted by molar-refractivity contribution is -0.690. The van der Waals surface area contributed by atoms with Crippen LogP contribution in [0.4, 0.5) is 10.1 Å². The maximum absolute atomic E-state index is 13.7. The van der Waals surface area contributed by atoms with Gasteiger partial charge in [-0.2, -0.15) is 0 Å². The van der Waals surface area contributed by atoms with Crippen LogP contribution in [0.5, 0.6) is 11.5 Å². The number of carbonyl (C=O) groups is 1. The van der Waals surface area contributed by atoms with Crippen LogP contribution in [0, 0.1) is 5.82 Å². The van der Waals surface area contributed by atoms with Gasteiger partial charge in [0.25, 0.3) is 5.91 Å². The molecular formula is C26H25FN3O3+. The number of rotatable bonds is 6. The van der Waals surface area contributed by atoms with Gasteiger partial charge in [-0.25, -0.2) is 4.39 Å². The number of H-pyrrole nitrogens is 1. The third kappa shape index (κ3) is 4.15. The Bertz CT molecular complexity index is 1320. The first-order chi connectivity index (χ1) is 16.1. The fourth-order valence-electron chi connectivity index (χ4n) is 4.46. The number of carbonyl (C=O) groups excluding carboxylic acids is 1. The molecule has 0 aliphatic carbocycles. The lowest BCUT2D eigenvalue weighted by Crippen LogP contribution is -2.87. The number of anilines is 1. The summed E-state index contributed by atoms with van der Waals surface area (Å²) in [6.45, 7) is 0.738. The van der Waals surface area contributed by atoms with Gasteiger partial charge in [-0.1, -0.05) is 30.3 Å². The van der Waals surface area contributed by atoms with Crippen LogP contribution in [0.25, 0.3) is 10.9 Å². The number of amides is 1. The fraction of sp³-hybridized carbons (Fsp3) is 0.192. The lowest BCUT2D eigenvalue weighted by atomic mass is 9.94. The van der Waals surface area contributed by atoms with E-state index in [0.717, 1.165) is 24.0 Å². The lowest BCUT2D eigenvalue weighted by Gasteiger charge is -2.22. The number of methoxy groups -OCH3 is 1. The third-order valence-corrected chi connectivity index (χ3v) is 6.01. The molecule has 6 nitrogen and oxygen atoms in total. The number of aromatic amines is 1. The second kappa shape index (κ2) is 8.96. The molecule has 3 aromatic carbocycles. The van der Waals surface area contributed by atoms with Gasteiger partial charge >= 0.3 is 0 Å². The molecule has 0 saturated carbocycles. The zero-order chi connectivity index (χ0) is 22.8. The summed E-state index contributed by atoms with van der Waals surface area (Å²) in [4.78, 5) is 15.8. The van der Waals surface area contributed by atoms with E-state index in [2.05, 4.69) is 33.8 Å². The van der Waals surface area contributed by atoms with E-state index >= 15 is 0 Å². The minimum atomic E-state index is -0.493. The summed E-state index contributed by atoms with van der Waals surface area (Å²) in [5.41, 5.74) is 4.93. The average Bonchev–Trinajstić information content (AvgIpc) is 3.23. The van der Waals surface area contributed by atoms with E-state index in [-0.39, 0.29) is 18.3 Å². The predicted octanol–water partition coefficient (Wildman–Crippen LogP) is 3.54. The van der Waals surface area contributed by atoms with Crippen molar-refractivity contribution in [1.82, 2.24) is 4.98 Å². The van der Waals surface area contributed by atoms with Gasteiger partial charge in [-0.3, -0.25) is 4.79 Å². The summed E-state index contributed by atoms with van der Waals surface area (Å²) in [6, 6.07) is 20.3. The standard InChI is InChI=1S/C26H24FN3O3/c1-32-23-14-16(25-26-18(12-13-28-25)17-6-2-4-8-20(17)30-26)10-11-22(23)33-15-24(31)29-21-9-5-3-7-19(21)27/h2-11,14,25,28,30H,12-13,15H2,1H3,(H,29,31)/p+1/t25-/m0/s1. The molecular weight excluding hydrogens is 421 g/mol.